The molecule has 7 nitrogen and oxygen atoms in total. The topological polar surface area (TPSA) is 71.1 Å². The molecule has 156 valence electrons. The fraction of sp³-hybridized carbons (Fsp3) is 0.600. The highest BCUT2D eigenvalue weighted by atomic mass is 35.5. The van der Waals surface area contributed by atoms with Crippen LogP contribution in [0.2, 0.25) is 5.02 Å². The second-order valence-electron chi connectivity index (χ2n) is 7.46. The van der Waals surface area contributed by atoms with Gasteiger partial charge in [-0.1, -0.05) is 25.4 Å². The third-order valence-corrected chi connectivity index (χ3v) is 5.19. The predicted octanol–water partition coefficient (Wildman–Crippen LogP) is 3.39. The largest absolute Gasteiger partial charge is 0.495 e. The number of carbonyl (C=O) groups is 2. The van der Waals surface area contributed by atoms with Crippen LogP contribution in [0.4, 0.5) is 10.5 Å². The Morgan fingerprint density at radius 1 is 1.18 bits per heavy atom. The smallest absolute Gasteiger partial charge is 0.409 e. The minimum Gasteiger partial charge on any atom is -0.495 e. The normalized spacial score (nSPS) is 16.0. The standard InChI is InChI=1S/C20H30ClN3O4/c1-13(2)12-28-20(26)24-8-6-23(7-9-24)15(4)19(25)22-17-10-14(3)16(21)11-18(17)27-5/h10-11,13,15H,6-9,12H2,1-5H3,(H,22,25). The van der Waals surface area contributed by atoms with Gasteiger partial charge in [0.05, 0.1) is 25.4 Å². The van der Waals surface area contributed by atoms with Crippen molar-refractivity contribution in [2.24, 2.45) is 5.92 Å². The molecule has 0 aliphatic carbocycles. The van der Waals surface area contributed by atoms with E-state index in [0.717, 1.165) is 5.56 Å². The zero-order chi connectivity index (χ0) is 20.8. The van der Waals surface area contributed by atoms with E-state index in [1.807, 2.05) is 27.7 Å². The first-order chi connectivity index (χ1) is 13.2. The van der Waals surface area contributed by atoms with Crippen LogP contribution in [0.25, 0.3) is 0 Å². The number of amides is 2. The fourth-order valence-corrected chi connectivity index (χ4v) is 3.11. The van der Waals surface area contributed by atoms with Crippen molar-refractivity contribution in [3.63, 3.8) is 0 Å². The maximum absolute atomic E-state index is 12.7. The third kappa shape index (κ3) is 5.75. The molecule has 1 aromatic carbocycles. The number of halogens is 1. The Kier molecular flexibility index (Phi) is 7.95. The molecule has 0 radical (unpaired) electrons. The summed E-state index contributed by atoms with van der Waals surface area (Å²) in [6.45, 7) is 10.5. The minimum atomic E-state index is -0.338. The quantitative estimate of drug-likeness (QED) is 0.776. The highest BCUT2D eigenvalue weighted by Gasteiger charge is 2.28. The molecular weight excluding hydrogens is 382 g/mol. The molecule has 1 aliphatic heterocycles. The van der Waals surface area contributed by atoms with Crippen molar-refractivity contribution < 1.29 is 19.1 Å². The molecule has 28 heavy (non-hydrogen) atoms. The Morgan fingerprint density at radius 3 is 2.39 bits per heavy atom. The van der Waals surface area contributed by atoms with Crippen molar-refractivity contribution in [1.29, 1.82) is 0 Å². The number of methoxy groups -OCH3 is 1. The first-order valence-electron chi connectivity index (χ1n) is 9.53. The molecule has 1 heterocycles. The Balaban J connectivity index is 1.91. The molecule has 1 fully saturated rings. The van der Waals surface area contributed by atoms with Gasteiger partial charge in [0.15, 0.2) is 0 Å². The fourth-order valence-electron chi connectivity index (χ4n) is 2.95. The Labute approximate surface area is 171 Å². The van der Waals surface area contributed by atoms with Gasteiger partial charge in [0, 0.05) is 37.3 Å². The number of carbonyl (C=O) groups excluding carboxylic acids is 2. The Morgan fingerprint density at radius 2 is 1.82 bits per heavy atom. The molecule has 1 aromatic rings. The van der Waals surface area contributed by atoms with Crippen LogP contribution < -0.4 is 10.1 Å². The number of aryl methyl sites for hydroxylation is 1. The van der Waals surface area contributed by atoms with E-state index >= 15 is 0 Å². The summed E-state index contributed by atoms with van der Waals surface area (Å²) in [6.07, 6.45) is -0.285. The molecule has 0 spiro atoms. The van der Waals surface area contributed by atoms with Gasteiger partial charge in [0.2, 0.25) is 5.91 Å². The van der Waals surface area contributed by atoms with Crippen LogP contribution in [0.5, 0.6) is 5.75 Å². The van der Waals surface area contributed by atoms with Gasteiger partial charge >= 0.3 is 6.09 Å². The van der Waals surface area contributed by atoms with Gasteiger partial charge in [-0.05, 0) is 31.4 Å². The number of hydrogen-bond acceptors (Lipinski definition) is 5. The van der Waals surface area contributed by atoms with Crippen LogP contribution in [-0.2, 0) is 9.53 Å². The molecule has 2 amide bonds. The van der Waals surface area contributed by atoms with E-state index < -0.39 is 0 Å². The molecule has 1 saturated heterocycles. The third-order valence-electron chi connectivity index (χ3n) is 4.78. The number of hydrogen-bond donors (Lipinski definition) is 1. The number of piperazine rings is 1. The number of nitrogens with one attached hydrogen (secondary N) is 1. The molecule has 0 aromatic heterocycles. The van der Waals surface area contributed by atoms with Crippen molar-refractivity contribution >= 4 is 29.3 Å². The summed E-state index contributed by atoms with van der Waals surface area (Å²) < 4.78 is 10.6. The number of nitrogens with zero attached hydrogens (tertiary/aromatic N) is 2. The van der Waals surface area contributed by atoms with Crippen LogP contribution >= 0.6 is 11.6 Å². The summed E-state index contributed by atoms with van der Waals surface area (Å²) in [5, 5.41) is 3.51. The van der Waals surface area contributed by atoms with Gasteiger partial charge in [-0.25, -0.2) is 4.79 Å². The first kappa shape index (κ1) is 22.3. The monoisotopic (exact) mass is 411 g/mol. The maximum atomic E-state index is 12.7. The summed E-state index contributed by atoms with van der Waals surface area (Å²) in [4.78, 5) is 28.5. The zero-order valence-electron chi connectivity index (χ0n) is 17.3. The van der Waals surface area contributed by atoms with E-state index in [-0.39, 0.29) is 18.0 Å². The lowest BCUT2D eigenvalue weighted by Gasteiger charge is -2.37. The lowest BCUT2D eigenvalue weighted by molar-refractivity contribution is -0.121. The zero-order valence-corrected chi connectivity index (χ0v) is 18.0. The number of benzene rings is 1. The van der Waals surface area contributed by atoms with Gasteiger partial charge in [0.1, 0.15) is 5.75 Å². The molecule has 2 rings (SSSR count). The van der Waals surface area contributed by atoms with Crippen molar-refractivity contribution in [3.8, 4) is 5.75 Å². The number of rotatable bonds is 6. The van der Waals surface area contributed by atoms with Crippen LogP contribution in [-0.4, -0.2) is 67.7 Å². The number of ether oxygens (including phenoxy) is 2. The van der Waals surface area contributed by atoms with Crippen molar-refractivity contribution in [1.82, 2.24) is 9.80 Å². The molecule has 0 saturated carbocycles. The van der Waals surface area contributed by atoms with Crippen molar-refractivity contribution in [3.05, 3.63) is 22.7 Å². The van der Waals surface area contributed by atoms with Crippen molar-refractivity contribution in [2.45, 2.75) is 33.7 Å². The summed E-state index contributed by atoms with van der Waals surface area (Å²) in [7, 11) is 1.54. The molecule has 1 N–H and O–H groups in total. The SMILES string of the molecule is COc1cc(Cl)c(C)cc1NC(=O)C(C)N1CCN(C(=O)OCC(C)C)CC1. The Hall–Kier alpha value is -1.99. The molecular formula is C20H30ClN3O4. The summed E-state index contributed by atoms with van der Waals surface area (Å²) in [5.41, 5.74) is 1.45. The van der Waals surface area contributed by atoms with E-state index in [1.54, 1.807) is 17.0 Å². The highest BCUT2D eigenvalue weighted by molar-refractivity contribution is 6.31. The van der Waals surface area contributed by atoms with E-state index in [9.17, 15) is 9.59 Å². The van der Waals surface area contributed by atoms with Crippen LogP contribution in [0.1, 0.15) is 26.3 Å². The maximum Gasteiger partial charge on any atom is 0.409 e. The summed E-state index contributed by atoms with van der Waals surface area (Å²) >= 11 is 6.12. The predicted molar refractivity (Wildman–Crippen MR) is 110 cm³/mol. The molecule has 1 atom stereocenters. The van der Waals surface area contributed by atoms with E-state index in [0.29, 0.717) is 55.2 Å². The second-order valence-corrected chi connectivity index (χ2v) is 7.87. The lowest BCUT2D eigenvalue weighted by Crippen LogP contribution is -2.54. The molecule has 1 unspecified atom stereocenters. The van der Waals surface area contributed by atoms with E-state index in [4.69, 9.17) is 21.1 Å². The average molecular weight is 412 g/mol. The van der Waals surface area contributed by atoms with Gasteiger partial charge in [0.25, 0.3) is 0 Å². The van der Waals surface area contributed by atoms with E-state index in [2.05, 4.69) is 10.2 Å². The average Bonchev–Trinajstić information content (AvgIpc) is 2.68. The van der Waals surface area contributed by atoms with Gasteiger partial charge in [-0.3, -0.25) is 9.69 Å². The van der Waals surface area contributed by atoms with Crippen LogP contribution in [0, 0.1) is 12.8 Å². The molecule has 8 heteroatoms. The highest BCUT2D eigenvalue weighted by Crippen LogP contribution is 2.31. The Bertz CT molecular complexity index is 703. The van der Waals surface area contributed by atoms with Crippen LogP contribution in [0.15, 0.2) is 12.1 Å². The second kappa shape index (κ2) is 9.98. The molecule has 1 aliphatic rings. The summed E-state index contributed by atoms with van der Waals surface area (Å²) in [5.74, 6) is 0.701. The van der Waals surface area contributed by atoms with Gasteiger partial charge in [-0.15, -0.1) is 0 Å². The van der Waals surface area contributed by atoms with E-state index in [1.165, 1.54) is 7.11 Å². The lowest BCUT2D eigenvalue weighted by atomic mass is 10.1. The first-order valence-corrected chi connectivity index (χ1v) is 9.91. The summed E-state index contributed by atoms with van der Waals surface area (Å²) in [6, 6.07) is 3.15. The molecule has 0 bridgehead atoms. The van der Waals surface area contributed by atoms with Crippen molar-refractivity contribution in [2.75, 3.05) is 45.2 Å². The number of anilines is 1. The van der Waals surface area contributed by atoms with Gasteiger partial charge < -0.3 is 19.7 Å². The van der Waals surface area contributed by atoms with Crippen LogP contribution in [0.3, 0.4) is 0 Å². The van der Waals surface area contributed by atoms with Gasteiger partial charge in [-0.2, -0.15) is 0 Å². The minimum absolute atomic E-state index is 0.129.